The van der Waals surface area contributed by atoms with Crippen molar-refractivity contribution in [3.8, 4) is 11.1 Å². The Balaban J connectivity index is 1.63. The van der Waals surface area contributed by atoms with Gasteiger partial charge in [-0.2, -0.15) is 0 Å². The van der Waals surface area contributed by atoms with Crippen molar-refractivity contribution in [1.29, 1.82) is 0 Å². The van der Waals surface area contributed by atoms with Crippen molar-refractivity contribution in [2.24, 2.45) is 0 Å². The highest BCUT2D eigenvalue weighted by Gasteiger charge is 2.40. The summed E-state index contributed by atoms with van der Waals surface area (Å²) in [5.74, 6) is -1.77. The quantitative estimate of drug-likeness (QED) is 0.561. The molecule has 12 heteroatoms. The second kappa shape index (κ2) is 8.88. The average molecular weight is 500 g/mol. The van der Waals surface area contributed by atoms with Crippen molar-refractivity contribution in [2.45, 2.75) is 42.4 Å². The van der Waals surface area contributed by atoms with E-state index >= 15 is 4.39 Å². The summed E-state index contributed by atoms with van der Waals surface area (Å²) in [4.78, 5) is 24.4. The van der Waals surface area contributed by atoms with Crippen LogP contribution in [0.15, 0.2) is 41.3 Å². The lowest BCUT2D eigenvalue weighted by Gasteiger charge is -2.20. The molecule has 0 spiro atoms. The van der Waals surface area contributed by atoms with Gasteiger partial charge in [0.25, 0.3) is 0 Å². The van der Waals surface area contributed by atoms with Crippen molar-refractivity contribution in [3.05, 3.63) is 47.2 Å². The smallest absolute Gasteiger partial charge is 0.408 e. The van der Waals surface area contributed by atoms with Crippen molar-refractivity contribution < 1.29 is 31.9 Å². The van der Waals surface area contributed by atoms with Gasteiger partial charge in [0.2, 0.25) is 15.9 Å². The number of likely N-dealkylation sites (tertiary alicyclic amines) is 1. The van der Waals surface area contributed by atoms with Gasteiger partial charge in [-0.1, -0.05) is 23.7 Å². The fourth-order valence-corrected chi connectivity index (χ4v) is 5.21. The molecule has 2 atom stereocenters. The van der Waals surface area contributed by atoms with Gasteiger partial charge >= 0.3 is 6.09 Å². The number of hydrogen-bond donors (Lipinski definition) is 3. The molecule has 4 rings (SSSR count). The molecule has 0 bridgehead atoms. The minimum absolute atomic E-state index is 0.0637. The Morgan fingerprint density at radius 1 is 1.15 bits per heavy atom. The lowest BCUT2D eigenvalue weighted by atomic mass is 10.0. The molecule has 2 fully saturated rings. The van der Waals surface area contributed by atoms with Crippen LogP contribution in [0.3, 0.4) is 0 Å². The first-order chi connectivity index (χ1) is 15.6. The number of halogens is 3. The van der Waals surface area contributed by atoms with E-state index in [1.165, 1.54) is 36.4 Å². The number of amides is 2. The SMILES string of the molecule is O=C(Nc1cccc(-c2cc(S(=O)(=O)NC3CC3)ccc2Cl)c1F)[C@@H]1C[C@@H](F)CN1C(=O)O. The Bertz CT molecular complexity index is 1220. The number of nitrogens with zero attached hydrogens (tertiary/aromatic N) is 1. The Morgan fingerprint density at radius 3 is 2.55 bits per heavy atom. The van der Waals surface area contributed by atoms with Crippen molar-refractivity contribution >= 4 is 39.3 Å². The van der Waals surface area contributed by atoms with Crippen LogP contribution in [-0.4, -0.2) is 55.2 Å². The van der Waals surface area contributed by atoms with Gasteiger partial charge in [-0.15, -0.1) is 0 Å². The zero-order valence-corrected chi connectivity index (χ0v) is 18.7. The second-order valence-electron chi connectivity index (χ2n) is 7.98. The van der Waals surface area contributed by atoms with E-state index in [0.29, 0.717) is 4.90 Å². The summed E-state index contributed by atoms with van der Waals surface area (Å²) in [7, 11) is -3.81. The third kappa shape index (κ3) is 4.94. The topological polar surface area (TPSA) is 116 Å². The molecule has 2 amide bonds. The standard InChI is InChI=1S/C21H20ClF2N3O5S/c22-16-7-6-13(33(31,32)26-12-4-5-12)9-15(16)14-2-1-3-17(19(14)24)25-20(28)18-8-11(23)10-27(18)21(29)30/h1-3,6-7,9,11-12,18,26H,4-5,8,10H2,(H,25,28)(H,29,30)/t11-,18+/m1/s1. The van der Waals surface area contributed by atoms with Crippen LogP contribution in [0, 0.1) is 5.82 Å². The summed E-state index contributed by atoms with van der Waals surface area (Å²) in [5.41, 5.74) is -0.238. The third-order valence-corrected chi connectivity index (χ3v) is 7.34. The maximum atomic E-state index is 15.3. The molecule has 1 heterocycles. The summed E-state index contributed by atoms with van der Waals surface area (Å²) in [6, 6.07) is 6.53. The molecule has 1 aliphatic heterocycles. The van der Waals surface area contributed by atoms with E-state index < -0.39 is 46.6 Å². The highest BCUT2D eigenvalue weighted by molar-refractivity contribution is 7.89. The van der Waals surface area contributed by atoms with Gasteiger partial charge in [0, 0.05) is 28.6 Å². The number of hydrogen-bond acceptors (Lipinski definition) is 4. The fourth-order valence-electron chi connectivity index (χ4n) is 3.66. The van der Waals surface area contributed by atoms with E-state index in [1.54, 1.807) is 0 Å². The van der Waals surface area contributed by atoms with Gasteiger partial charge in [-0.05, 0) is 37.1 Å². The molecular weight excluding hydrogens is 480 g/mol. The monoisotopic (exact) mass is 499 g/mol. The fraction of sp³-hybridized carbons (Fsp3) is 0.333. The molecule has 2 aromatic carbocycles. The van der Waals surface area contributed by atoms with E-state index in [-0.39, 0.29) is 39.2 Å². The molecule has 0 radical (unpaired) electrons. The first kappa shape index (κ1) is 23.4. The predicted octanol–water partition coefficient (Wildman–Crippen LogP) is 3.62. The molecule has 0 unspecified atom stereocenters. The number of carbonyl (C=O) groups excluding carboxylic acids is 1. The third-order valence-electron chi connectivity index (χ3n) is 5.49. The average Bonchev–Trinajstić information content (AvgIpc) is 3.46. The Kier molecular flexibility index (Phi) is 6.30. The molecule has 8 nitrogen and oxygen atoms in total. The van der Waals surface area contributed by atoms with E-state index in [4.69, 9.17) is 11.6 Å². The molecule has 2 aromatic rings. The Labute approximate surface area is 193 Å². The van der Waals surface area contributed by atoms with Crippen molar-refractivity contribution in [2.75, 3.05) is 11.9 Å². The van der Waals surface area contributed by atoms with Gasteiger partial charge in [0.05, 0.1) is 17.1 Å². The molecule has 3 N–H and O–H groups in total. The van der Waals surface area contributed by atoms with Crippen LogP contribution in [0.2, 0.25) is 5.02 Å². The van der Waals surface area contributed by atoms with Crippen LogP contribution in [0.1, 0.15) is 19.3 Å². The molecule has 1 saturated carbocycles. The highest BCUT2D eigenvalue weighted by atomic mass is 35.5. The van der Waals surface area contributed by atoms with Crippen LogP contribution in [0.4, 0.5) is 19.3 Å². The van der Waals surface area contributed by atoms with Gasteiger partial charge in [-0.3, -0.25) is 9.69 Å². The number of sulfonamides is 1. The Morgan fingerprint density at radius 2 is 1.88 bits per heavy atom. The summed E-state index contributed by atoms with van der Waals surface area (Å²) in [6.45, 7) is -0.443. The molecule has 176 valence electrons. The number of nitrogens with one attached hydrogen (secondary N) is 2. The maximum Gasteiger partial charge on any atom is 0.408 e. The normalized spacial score (nSPS) is 20.6. The van der Waals surface area contributed by atoms with Crippen molar-refractivity contribution in [3.63, 3.8) is 0 Å². The predicted molar refractivity (Wildman–Crippen MR) is 117 cm³/mol. The van der Waals surface area contributed by atoms with Crippen LogP contribution in [0.5, 0.6) is 0 Å². The lowest BCUT2D eigenvalue weighted by molar-refractivity contribution is -0.120. The lowest BCUT2D eigenvalue weighted by Crippen LogP contribution is -2.42. The van der Waals surface area contributed by atoms with Gasteiger partial charge in [0.1, 0.15) is 12.2 Å². The van der Waals surface area contributed by atoms with Gasteiger partial charge in [-0.25, -0.2) is 26.7 Å². The summed E-state index contributed by atoms with van der Waals surface area (Å²) in [6.07, 6.45) is -1.78. The van der Waals surface area contributed by atoms with Gasteiger partial charge < -0.3 is 10.4 Å². The molecular formula is C21H20ClF2N3O5S. The van der Waals surface area contributed by atoms with Gasteiger partial charge in [0.15, 0.2) is 5.82 Å². The Hall–Kier alpha value is -2.76. The van der Waals surface area contributed by atoms with E-state index in [0.717, 1.165) is 12.8 Å². The first-order valence-electron chi connectivity index (χ1n) is 10.1. The second-order valence-corrected chi connectivity index (χ2v) is 10.1. The minimum Gasteiger partial charge on any atom is -0.465 e. The van der Waals surface area contributed by atoms with Crippen LogP contribution in [0.25, 0.3) is 11.1 Å². The van der Waals surface area contributed by atoms with E-state index in [1.807, 2.05) is 0 Å². The number of anilines is 1. The van der Waals surface area contributed by atoms with E-state index in [9.17, 15) is 27.5 Å². The van der Waals surface area contributed by atoms with Crippen LogP contribution < -0.4 is 10.0 Å². The molecule has 0 aromatic heterocycles. The summed E-state index contributed by atoms with van der Waals surface area (Å²) >= 11 is 6.22. The zero-order chi connectivity index (χ0) is 23.9. The summed E-state index contributed by atoms with van der Waals surface area (Å²) in [5, 5.41) is 11.6. The molecule has 2 aliphatic rings. The molecule has 1 aliphatic carbocycles. The molecule has 33 heavy (non-hydrogen) atoms. The number of carboxylic acid groups (broad SMARTS) is 1. The zero-order valence-electron chi connectivity index (χ0n) is 17.1. The number of alkyl halides is 1. The number of carbonyl (C=O) groups is 2. The summed E-state index contributed by atoms with van der Waals surface area (Å²) < 4.78 is 56.6. The first-order valence-corrected chi connectivity index (χ1v) is 12.0. The van der Waals surface area contributed by atoms with E-state index in [2.05, 4.69) is 10.0 Å². The van der Waals surface area contributed by atoms with Crippen LogP contribution >= 0.6 is 11.6 Å². The largest absolute Gasteiger partial charge is 0.465 e. The maximum absolute atomic E-state index is 15.3. The van der Waals surface area contributed by atoms with Crippen molar-refractivity contribution in [1.82, 2.24) is 9.62 Å². The minimum atomic E-state index is -3.81. The number of benzene rings is 2. The molecule has 1 saturated heterocycles. The van der Waals surface area contributed by atoms with Crippen LogP contribution in [-0.2, 0) is 14.8 Å². The number of rotatable bonds is 6. The highest BCUT2D eigenvalue weighted by Crippen LogP contribution is 2.35.